The number of nitrogens with two attached hydrogens (primary N) is 1. The van der Waals surface area contributed by atoms with E-state index in [4.69, 9.17) is 10.3 Å². The van der Waals surface area contributed by atoms with Crippen molar-refractivity contribution in [3.8, 4) is 0 Å². The maximum Gasteiger partial charge on any atom is 0.151 e. The summed E-state index contributed by atoms with van der Waals surface area (Å²) in [7, 11) is 0. The monoisotopic (exact) mass is 243 g/mol. The van der Waals surface area contributed by atoms with Crippen LogP contribution in [0.1, 0.15) is 22.6 Å². The van der Waals surface area contributed by atoms with Crippen LogP contribution in [-0.4, -0.2) is 5.84 Å². The van der Waals surface area contributed by atoms with Gasteiger partial charge in [0.2, 0.25) is 0 Å². The van der Waals surface area contributed by atoms with Gasteiger partial charge in [0.1, 0.15) is 11.5 Å². The first-order valence-electron chi connectivity index (χ1n) is 5.80. The van der Waals surface area contributed by atoms with E-state index in [0.29, 0.717) is 5.84 Å². The number of hydrazine groups is 1. The van der Waals surface area contributed by atoms with E-state index < -0.39 is 0 Å². The second kappa shape index (κ2) is 5.06. The van der Waals surface area contributed by atoms with Gasteiger partial charge in [-0.1, -0.05) is 18.2 Å². The highest BCUT2D eigenvalue weighted by Gasteiger charge is 2.16. The van der Waals surface area contributed by atoms with Gasteiger partial charge in [0.25, 0.3) is 0 Å². The number of para-hydroxylation sites is 1. The van der Waals surface area contributed by atoms with Gasteiger partial charge in [0, 0.05) is 5.56 Å². The molecule has 1 aromatic carbocycles. The molecule has 4 nitrogen and oxygen atoms in total. The van der Waals surface area contributed by atoms with Crippen molar-refractivity contribution < 1.29 is 4.42 Å². The molecule has 0 amide bonds. The number of aliphatic imine (C=N–C) groups is 1. The summed E-state index contributed by atoms with van der Waals surface area (Å²) in [6.07, 6.45) is 0. The minimum Gasteiger partial charge on any atom is -0.466 e. The molecule has 3 N–H and O–H groups in total. The van der Waals surface area contributed by atoms with Crippen molar-refractivity contribution in [2.75, 3.05) is 0 Å². The average molecular weight is 243 g/mol. The Morgan fingerprint density at radius 1 is 1.11 bits per heavy atom. The first-order valence-corrected chi connectivity index (χ1v) is 5.80. The van der Waals surface area contributed by atoms with E-state index in [2.05, 4.69) is 10.4 Å². The van der Waals surface area contributed by atoms with Gasteiger partial charge in [-0.3, -0.25) is 0 Å². The number of aryl methyl sites for hydroxylation is 2. The third-order valence-electron chi connectivity index (χ3n) is 2.93. The van der Waals surface area contributed by atoms with E-state index in [1.165, 1.54) is 0 Å². The molecule has 0 spiro atoms. The maximum absolute atomic E-state index is 5.59. The summed E-state index contributed by atoms with van der Waals surface area (Å²) in [6, 6.07) is 9.68. The second-order valence-corrected chi connectivity index (χ2v) is 4.15. The smallest absolute Gasteiger partial charge is 0.151 e. The van der Waals surface area contributed by atoms with E-state index in [9.17, 15) is 0 Å². The molecule has 0 aliphatic carbocycles. The summed E-state index contributed by atoms with van der Waals surface area (Å²) in [6.45, 7) is 5.84. The summed E-state index contributed by atoms with van der Waals surface area (Å²) in [5.74, 6) is 7.90. The molecule has 0 saturated heterocycles. The predicted molar refractivity (Wildman–Crippen MR) is 72.9 cm³/mol. The highest BCUT2D eigenvalue weighted by atomic mass is 16.3. The zero-order valence-electron chi connectivity index (χ0n) is 10.8. The van der Waals surface area contributed by atoms with Gasteiger partial charge in [-0.2, -0.15) is 0 Å². The van der Waals surface area contributed by atoms with Crippen molar-refractivity contribution in [2.24, 2.45) is 10.8 Å². The molecule has 2 aromatic rings. The number of benzene rings is 1. The van der Waals surface area contributed by atoms with Crippen molar-refractivity contribution in [2.45, 2.75) is 20.8 Å². The van der Waals surface area contributed by atoms with Crippen molar-refractivity contribution in [3.63, 3.8) is 0 Å². The molecule has 1 aromatic heterocycles. The summed E-state index contributed by atoms with van der Waals surface area (Å²) < 4.78 is 5.59. The first kappa shape index (κ1) is 12.4. The maximum atomic E-state index is 5.59. The van der Waals surface area contributed by atoms with Crippen molar-refractivity contribution in [1.82, 2.24) is 5.43 Å². The minimum atomic E-state index is 0.619. The fraction of sp³-hybridized carbons (Fsp3) is 0.214. The molecule has 0 unspecified atom stereocenters. The molecule has 0 aliphatic heterocycles. The van der Waals surface area contributed by atoms with E-state index >= 15 is 0 Å². The number of furan rings is 1. The van der Waals surface area contributed by atoms with Crippen LogP contribution in [0.5, 0.6) is 0 Å². The highest BCUT2D eigenvalue weighted by molar-refractivity contribution is 6.02. The molecule has 0 atom stereocenters. The Kier molecular flexibility index (Phi) is 3.48. The predicted octanol–water partition coefficient (Wildman–Crippen LogP) is 2.75. The molecule has 2 rings (SSSR count). The van der Waals surface area contributed by atoms with Crippen LogP contribution >= 0.6 is 0 Å². The van der Waals surface area contributed by atoms with E-state index in [1.54, 1.807) is 0 Å². The van der Waals surface area contributed by atoms with Crippen LogP contribution in [0.15, 0.2) is 39.7 Å². The molecule has 0 saturated carbocycles. The summed E-state index contributed by atoms with van der Waals surface area (Å²) in [5, 5.41) is 0. The lowest BCUT2D eigenvalue weighted by Gasteiger charge is -2.06. The Morgan fingerprint density at radius 3 is 2.28 bits per heavy atom. The topological polar surface area (TPSA) is 63.5 Å². The fourth-order valence-electron chi connectivity index (χ4n) is 1.93. The summed E-state index contributed by atoms with van der Waals surface area (Å²) >= 11 is 0. The Bertz CT molecular complexity index is 570. The van der Waals surface area contributed by atoms with Gasteiger partial charge < -0.3 is 9.84 Å². The third kappa shape index (κ3) is 2.28. The van der Waals surface area contributed by atoms with Crippen molar-refractivity contribution in [3.05, 3.63) is 53.0 Å². The Morgan fingerprint density at radius 2 is 1.78 bits per heavy atom. The Labute approximate surface area is 106 Å². The molecular formula is C14H17N3O. The van der Waals surface area contributed by atoms with Crippen LogP contribution in [0.25, 0.3) is 0 Å². The molecular weight excluding hydrogens is 226 g/mol. The first-order chi connectivity index (χ1) is 8.63. The van der Waals surface area contributed by atoms with Crippen LogP contribution in [0.4, 0.5) is 5.69 Å². The number of nitrogens with one attached hydrogen (secondary N) is 1. The van der Waals surface area contributed by atoms with Crippen molar-refractivity contribution >= 4 is 11.5 Å². The van der Waals surface area contributed by atoms with Gasteiger partial charge in [0.05, 0.1) is 11.3 Å². The lowest BCUT2D eigenvalue weighted by Crippen LogP contribution is -2.31. The fourth-order valence-corrected chi connectivity index (χ4v) is 1.93. The standard InChI is InChI=1S/C14H17N3O/c1-9-10(2)18-11(3)13(9)14(17-15)16-12-7-5-4-6-8-12/h4-8H,15H2,1-3H3,(H,16,17). The number of nitrogens with zero attached hydrogens (tertiary/aromatic N) is 1. The van der Waals surface area contributed by atoms with E-state index in [1.807, 2.05) is 51.1 Å². The zero-order chi connectivity index (χ0) is 13.1. The van der Waals surface area contributed by atoms with Crippen LogP contribution < -0.4 is 11.3 Å². The van der Waals surface area contributed by atoms with Gasteiger partial charge in [-0.15, -0.1) is 0 Å². The molecule has 18 heavy (non-hydrogen) atoms. The molecule has 0 radical (unpaired) electrons. The lowest BCUT2D eigenvalue weighted by atomic mass is 10.1. The highest BCUT2D eigenvalue weighted by Crippen LogP contribution is 2.22. The second-order valence-electron chi connectivity index (χ2n) is 4.15. The number of hydrogen-bond donors (Lipinski definition) is 2. The van der Waals surface area contributed by atoms with Crippen LogP contribution in [0.3, 0.4) is 0 Å². The Balaban J connectivity index is 2.49. The van der Waals surface area contributed by atoms with E-state index in [0.717, 1.165) is 28.3 Å². The lowest BCUT2D eigenvalue weighted by molar-refractivity contribution is 0.502. The van der Waals surface area contributed by atoms with Gasteiger partial charge in [0.15, 0.2) is 5.84 Å². The SMILES string of the molecule is Cc1oc(C)c(C(=Nc2ccccc2)NN)c1C. The van der Waals surface area contributed by atoms with Crippen LogP contribution in [0, 0.1) is 20.8 Å². The van der Waals surface area contributed by atoms with Gasteiger partial charge in [-0.25, -0.2) is 10.8 Å². The normalized spacial score (nSPS) is 11.7. The van der Waals surface area contributed by atoms with Crippen LogP contribution in [-0.2, 0) is 0 Å². The van der Waals surface area contributed by atoms with Crippen LogP contribution in [0.2, 0.25) is 0 Å². The van der Waals surface area contributed by atoms with Crippen molar-refractivity contribution in [1.29, 1.82) is 0 Å². The molecule has 0 bridgehead atoms. The van der Waals surface area contributed by atoms with Gasteiger partial charge in [-0.05, 0) is 32.9 Å². The quantitative estimate of drug-likeness (QED) is 0.369. The molecule has 4 heteroatoms. The number of rotatable bonds is 2. The van der Waals surface area contributed by atoms with Gasteiger partial charge >= 0.3 is 0 Å². The molecule has 1 heterocycles. The average Bonchev–Trinajstić information content (AvgIpc) is 2.62. The molecule has 0 fully saturated rings. The Hall–Kier alpha value is -2.07. The van der Waals surface area contributed by atoms with E-state index in [-0.39, 0.29) is 0 Å². The number of hydrogen-bond acceptors (Lipinski definition) is 3. The summed E-state index contributed by atoms with van der Waals surface area (Å²) in [5.41, 5.74) is 5.49. The summed E-state index contributed by atoms with van der Waals surface area (Å²) in [4.78, 5) is 4.50. The number of amidine groups is 1. The third-order valence-corrected chi connectivity index (χ3v) is 2.93. The zero-order valence-corrected chi connectivity index (χ0v) is 10.8. The minimum absolute atomic E-state index is 0.619. The molecule has 94 valence electrons. The molecule has 0 aliphatic rings. The largest absolute Gasteiger partial charge is 0.466 e.